The molecule has 0 spiro atoms. The third-order valence-electron chi connectivity index (χ3n) is 8.21. The summed E-state index contributed by atoms with van der Waals surface area (Å²) >= 11 is 3.53. The highest BCUT2D eigenvalue weighted by molar-refractivity contribution is 9.10. The normalized spacial score (nSPS) is 14.1. The highest BCUT2D eigenvalue weighted by Gasteiger charge is 2.35. The van der Waals surface area contributed by atoms with Crippen LogP contribution in [0.3, 0.4) is 0 Å². The van der Waals surface area contributed by atoms with Crippen LogP contribution in [0.1, 0.15) is 42.4 Å². The SMILES string of the molecule is Cc1ccccc1N(CC(=O)N(Cc1cccc(Br)c1)[C@H](Cc1ccccc1)C(=O)NC1CCCC1)S(=O)(=O)c1ccccc1. The zero-order valence-electron chi connectivity index (χ0n) is 25.3. The molecule has 0 unspecified atom stereocenters. The Morgan fingerprint density at radius 1 is 0.844 bits per heavy atom. The maximum absolute atomic E-state index is 14.6. The van der Waals surface area contributed by atoms with Crippen LogP contribution in [0, 0.1) is 6.92 Å². The van der Waals surface area contributed by atoms with Gasteiger partial charge in [-0.15, -0.1) is 0 Å². The van der Waals surface area contributed by atoms with Gasteiger partial charge in [-0.2, -0.15) is 0 Å². The van der Waals surface area contributed by atoms with Gasteiger partial charge in [-0.25, -0.2) is 8.42 Å². The number of carbonyl (C=O) groups is 2. The second-order valence-electron chi connectivity index (χ2n) is 11.5. The zero-order chi connectivity index (χ0) is 31.8. The van der Waals surface area contributed by atoms with Gasteiger partial charge in [0.1, 0.15) is 12.6 Å². The molecule has 1 aliphatic rings. The lowest BCUT2D eigenvalue weighted by atomic mass is 10.0. The van der Waals surface area contributed by atoms with Gasteiger partial charge in [-0.1, -0.05) is 108 Å². The monoisotopic (exact) mass is 687 g/mol. The van der Waals surface area contributed by atoms with Gasteiger partial charge < -0.3 is 10.2 Å². The minimum Gasteiger partial charge on any atom is -0.352 e. The predicted octanol–water partition coefficient (Wildman–Crippen LogP) is 6.65. The molecule has 5 rings (SSSR count). The number of hydrogen-bond donors (Lipinski definition) is 1. The highest BCUT2D eigenvalue weighted by Crippen LogP contribution is 2.28. The number of anilines is 1. The molecule has 1 fully saturated rings. The van der Waals surface area contributed by atoms with Crippen molar-refractivity contribution in [3.05, 3.63) is 130 Å². The van der Waals surface area contributed by atoms with Crippen molar-refractivity contribution in [3.8, 4) is 0 Å². The van der Waals surface area contributed by atoms with Crippen molar-refractivity contribution in [3.63, 3.8) is 0 Å². The highest BCUT2D eigenvalue weighted by atomic mass is 79.9. The summed E-state index contributed by atoms with van der Waals surface area (Å²) < 4.78 is 30.3. The van der Waals surface area contributed by atoms with Gasteiger partial charge >= 0.3 is 0 Å². The Morgan fingerprint density at radius 3 is 2.13 bits per heavy atom. The smallest absolute Gasteiger partial charge is 0.264 e. The largest absolute Gasteiger partial charge is 0.352 e. The number of nitrogens with zero attached hydrogens (tertiary/aromatic N) is 2. The number of carbonyl (C=O) groups excluding carboxylic acids is 2. The number of benzene rings is 4. The lowest BCUT2D eigenvalue weighted by Crippen LogP contribution is -2.54. The van der Waals surface area contributed by atoms with Crippen LogP contribution in [-0.2, 0) is 32.6 Å². The number of halogens is 1. The minimum atomic E-state index is -4.13. The second kappa shape index (κ2) is 14.9. The van der Waals surface area contributed by atoms with Crippen LogP contribution in [0.4, 0.5) is 5.69 Å². The number of hydrogen-bond acceptors (Lipinski definition) is 4. The zero-order valence-corrected chi connectivity index (χ0v) is 27.7. The van der Waals surface area contributed by atoms with Gasteiger partial charge in [0.15, 0.2) is 0 Å². The van der Waals surface area contributed by atoms with Crippen molar-refractivity contribution in [2.24, 2.45) is 0 Å². The molecule has 4 aromatic carbocycles. The summed E-state index contributed by atoms with van der Waals surface area (Å²) in [7, 11) is -4.13. The van der Waals surface area contributed by atoms with Gasteiger partial charge in [0, 0.05) is 23.5 Å². The van der Waals surface area contributed by atoms with Gasteiger partial charge in [0.2, 0.25) is 11.8 Å². The molecule has 4 aromatic rings. The number of sulfonamides is 1. The molecule has 45 heavy (non-hydrogen) atoms. The molecular weight excluding hydrogens is 650 g/mol. The van der Waals surface area contributed by atoms with Crippen LogP contribution in [-0.4, -0.2) is 43.8 Å². The van der Waals surface area contributed by atoms with Gasteiger partial charge in [-0.05, 0) is 66.8 Å². The van der Waals surface area contributed by atoms with Crippen molar-refractivity contribution >= 4 is 43.5 Å². The quantitative estimate of drug-likeness (QED) is 0.181. The van der Waals surface area contributed by atoms with Crippen molar-refractivity contribution in [1.29, 1.82) is 0 Å². The van der Waals surface area contributed by atoms with Crippen LogP contribution in [0.15, 0.2) is 119 Å². The molecule has 0 heterocycles. The van der Waals surface area contributed by atoms with E-state index < -0.39 is 28.5 Å². The predicted molar refractivity (Wildman–Crippen MR) is 181 cm³/mol. The average molecular weight is 689 g/mol. The Balaban J connectivity index is 1.57. The summed E-state index contributed by atoms with van der Waals surface area (Å²) in [6.45, 7) is 1.47. The van der Waals surface area contributed by atoms with E-state index in [2.05, 4.69) is 21.2 Å². The Labute approximate surface area is 274 Å². The molecular formula is C36H38BrN3O4S. The first-order valence-electron chi connectivity index (χ1n) is 15.2. The number of aryl methyl sites for hydroxylation is 1. The fraction of sp³-hybridized carbons (Fsp3) is 0.278. The molecule has 1 atom stereocenters. The third kappa shape index (κ3) is 8.21. The standard InChI is InChI=1S/C36H38BrN3O4S/c1-27-13-8-11-22-33(27)40(45(43,44)32-20-6-3-7-21-32)26-35(41)39(25-29-16-12-17-30(37)23-29)34(24-28-14-4-2-5-15-28)36(42)38-31-18-9-10-19-31/h2-8,11-17,20-23,31,34H,9-10,18-19,24-26H2,1H3,(H,38,42)/t34-/m1/s1. The van der Waals surface area contributed by atoms with E-state index >= 15 is 0 Å². The van der Waals surface area contributed by atoms with E-state index in [0.29, 0.717) is 11.3 Å². The molecule has 1 aliphatic carbocycles. The van der Waals surface area contributed by atoms with E-state index in [-0.39, 0.29) is 29.8 Å². The second-order valence-corrected chi connectivity index (χ2v) is 14.2. The van der Waals surface area contributed by atoms with Crippen molar-refractivity contribution in [2.45, 2.75) is 62.6 Å². The summed E-state index contributed by atoms with van der Waals surface area (Å²) in [6, 6.07) is 31.6. The Hall–Kier alpha value is -3.95. The minimum absolute atomic E-state index is 0.0560. The van der Waals surface area contributed by atoms with E-state index in [1.807, 2.05) is 73.7 Å². The molecule has 0 aliphatic heterocycles. The fourth-order valence-corrected chi connectivity index (χ4v) is 7.78. The molecule has 0 bridgehead atoms. The number of rotatable bonds is 12. The van der Waals surface area contributed by atoms with Crippen molar-refractivity contribution < 1.29 is 18.0 Å². The summed E-state index contributed by atoms with van der Waals surface area (Å²) in [5, 5.41) is 3.21. The molecule has 234 valence electrons. The summed E-state index contributed by atoms with van der Waals surface area (Å²) in [5.74, 6) is -0.706. The number of para-hydroxylation sites is 1. The average Bonchev–Trinajstić information content (AvgIpc) is 3.56. The Kier molecular flexibility index (Phi) is 10.7. The van der Waals surface area contributed by atoms with Crippen molar-refractivity contribution in [1.82, 2.24) is 10.2 Å². The van der Waals surface area contributed by atoms with E-state index in [1.165, 1.54) is 16.4 Å². The number of amides is 2. The maximum atomic E-state index is 14.6. The lowest BCUT2D eigenvalue weighted by molar-refractivity contribution is -0.140. The fourth-order valence-electron chi connectivity index (χ4n) is 5.83. The Morgan fingerprint density at radius 2 is 1.47 bits per heavy atom. The lowest BCUT2D eigenvalue weighted by Gasteiger charge is -2.34. The van der Waals surface area contributed by atoms with E-state index in [0.717, 1.165) is 41.3 Å². The van der Waals surface area contributed by atoms with E-state index in [1.54, 1.807) is 35.2 Å². The molecule has 0 aromatic heterocycles. The first-order chi connectivity index (χ1) is 21.7. The van der Waals surface area contributed by atoms with Crippen LogP contribution in [0.25, 0.3) is 0 Å². The molecule has 0 saturated heterocycles. The molecule has 7 nitrogen and oxygen atoms in total. The molecule has 9 heteroatoms. The number of nitrogens with one attached hydrogen (secondary N) is 1. The first kappa shape index (κ1) is 32.4. The van der Waals surface area contributed by atoms with Crippen LogP contribution < -0.4 is 9.62 Å². The molecule has 1 N–H and O–H groups in total. The van der Waals surface area contributed by atoms with Gasteiger partial charge in [0.05, 0.1) is 10.6 Å². The Bertz CT molecular complexity index is 1710. The summed E-state index contributed by atoms with van der Waals surface area (Å²) in [5.41, 5.74) is 2.84. The van der Waals surface area contributed by atoms with E-state index in [4.69, 9.17) is 0 Å². The van der Waals surface area contributed by atoms with Crippen molar-refractivity contribution in [2.75, 3.05) is 10.8 Å². The van der Waals surface area contributed by atoms with E-state index in [9.17, 15) is 18.0 Å². The molecule has 2 amide bonds. The molecule has 1 saturated carbocycles. The van der Waals surface area contributed by atoms with Crippen LogP contribution in [0.5, 0.6) is 0 Å². The summed E-state index contributed by atoms with van der Waals surface area (Å²) in [4.78, 5) is 30.3. The molecule has 0 radical (unpaired) electrons. The van der Waals surface area contributed by atoms with Gasteiger partial charge in [-0.3, -0.25) is 13.9 Å². The van der Waals surface area contributed by atoms with Gasteiger partial charge in [0.25, 0.3) is 10.0 Å². The maximum Gasteiger partial charge on any atom is 0.264 e. The van der Waals surface area contributed by atoms with Crippen LogP contribution >= 0.6 is 15.9 Å². The topological polar surface area (TPSA) is 86.8 Å². The first-order valence-corrected chi connectivity index (χ1v) is 17.5. The summed E-state index contributed by atoms with van der Waals surface area (Å²) in [6.07, 6.45) is 4.20. The third-order valence-corrected chi connectivity index (χ3v) is 10.5. The van der Waals surface area contributed by atoms with Crippen LogP contribution in [0.2, 0.25) is 0 Å².